The largest absolute Gasteiger partial charge is 0.481 e. The molecule has 1 saturated heterocycles. The molecule has 6 nitrogen and oxygen atoms in total. The first-order valence-electron chi connectivity index (χ1n) is 9.13. The summed E-state index contributed by atoms with van der Waals surface area (Å²) in [7, 11) is 1.60. The summed E-state index contributed by atoms with van der Waals surface area (Å²) in [4.78, 5) is 23.8. The van der Waals surface area contributed by atoms with Crippen LogP contribution in [0.2, 0.25) is 0 Å². The van der Waals surface area contributed by atoms with Crippen LogP contribution < -0.4 is 15.0 Å². The van der Waals surface area contributed by atoms with Gasteiger partial charge in [-0.05, 0) is 43.9 Å². The molecule has 26 heavy (non-hydrogen) atoms. The van der Waals surface area contributed by atoms with Crippen molar-refractivity contribution in [3.63, 3.8) is 0 Å². The molecular formula is C20H26N4O2. The van der Waals surface area contributed by atoms with Gasteiger partial charge in [0.25, 0.3) is 0 Å². The summed E-state index contributed by atoms with van der Waals surface area (Å²) < 4.78 is 5.24. The van der Waals surface area contributed by atoms with Gasteiger partial charge >= 0.3 is 0 Å². The number of hydrogen-bond acceptors (Lipinski definition) is 5. The van der Waals surface area contributed by atoms with E-state index in [0.29, 0.717) is 18.4 Å². The minimum atomic E-state index is -0.0795. The fourth-order valence-corrected chi connectivity index (χ4v) is 3.26. The first-order valence-corrected chi connectivity index (χ1v) is 9.13. The van der Waals surface area contributed by atoms with Gasteiger partial charge in [0.15, 0.2) is 0 Å². The van der Waals surface area contributed by atoms with E-state index in [1.807, 2.05) is 25.1 Å². The summed E-state index contributed by atoms with van der Waals surface area (Å²) in [5, 5.41) is 3.06. The van der Waals surface area contributed by atoms with E-state index in [1.54, 1.807) is 13.2 Å². The molecule has 2 aromatic rings. The van der Waals surface area contributed by atoms with E-state index in [1.165, 1.54) is 5.56 Å². The maximum atomic E-state index is 12.7. The molecule has 1 fully saturated rings. The summed E-state index contributed by atoms with van der Waals surface area (Å²) >= 11 is 0. The number of nitrogens with zero attached hydrogens (tertiary/aromatic N) is 3. The number of ether oxygens (including phenoxy) is 1. The average Bonchev–Trinajstić information content (AvgIpc) is 2.67. The van der Waals surface area contributed by atoms with Crippen molar-refractivity contribution in [1.29, 1.82) is 0 Å². The molecule has 6 heteroatoms. The maximum absolute atomic E-state index is 12.7. The van der Waals surface area contributed by atoms with E-state index < -0.39 is 0 Å². The highest BCUT2D eigenvalue weighted by atomic mass is 16.5. The van der Waals surface area contributed by atoms with Crippen LogP contribution in [-0.2, 0) is 11.2 Å². The van der Waals surface area contributed by atoms with Gasteiger partial charge in [0.1, 0.15) is 0 Å². The second kappa shape index (κ2) is 8.17. The van der Waals surface area contributed by atoms with Crippen molar-refractivity contribution in [1.82, 2.24) is 9.97 Å². The summed E-state index contributed by atoms with van der Waals surface area (Å²) in [6, 6.07) is 9.83. The van der Waals surface area contributed by atoms with Gasteiger partial charge in [-0.2, -0.15) is 4.98 Å². The standard InChI is InChI=1S/C20H26N4O2/c1-4-15-7-5-9-17(12-15)22-19(25)16-8-6-10-24(13-16)20-21-14(2)11-18(23-20)26-3/h5,7,9,11-12,16H,4,6,8,10,13H2,1-3H3,(H,22,25). The summed E-state index contributed by atoms with van der Waals surface area (Å²) in [5.41, 5.74) is 2.93. The van der Waals surface area contributed by atoms with Gasteiger partial charge in [-0.25, -0.2) is 4.98 Å². The third kappa shape index (κ3) is 4.31. The second-order valence-electron chi connectivity index (χ2n) is 6.68. The van der Waals surface area contributed by atoms with Crippen molar-refractivity contribution in [3.8, 4) is 5.88 Å². The highest BCUT2D eigenvalue weighted by Gasteiger charge is 2.27. The number of methoxy groups -OCH3 is 1. The number of hydrogen-bond donors (Lipinski definition) is 1. The Bertz CT molecular complexity index is 778. The average molecular weight is 354 g/mol. The number of aryl methyl sites for hydroxylation is 2. The second-order valence-corrected chi connectivity index (χ2v) is 6.68. The molecule has 1 atom stereocenters. The maximum Gasteiger partial charge on any atom is 0.229 e. The van der Waals surface area contributed by atoms with Crippen molar-refractivity contribution in [3.05, 3.63) is 41.6 Å². The predicted octanol–water partition coefficient (Wildman–Crippen LogP) is 3.21. The van der Waals surface area contributed by atoms with Crippen LogP contribution in [0.15, 0.2) is 30.3 Å². The number of amides is 1. The normalized spacial score (nSPS) is 17.0. The van der Waals surface area contributed by atoms with Gasteiger partial charge in [0.2, 0.25) is 17.7 Å². The van der Waals surface area contributed by atoms with Crippen molar-refractivity contribution in [2.24, 2.45) is 5.92 Å². The van der Waals surface area contributed by atoms with Crippen molar-refractivity contribution >= 4 is 17.5 Å². The molecule has 3 rings (SSSR count). The molecule has 1 aliphatic rings. The predicted molar refractivity (Wildman–Crippen MR) is 103 cm³/mol. The van der Waals surface area contributed by atoms with Crippen LogP contribution in [0, 0.1) is 12.8 Å². The molecule has 0 bridgehead atoms. The monoisotopic (exact) mass is 354 g/mol. The number of benzene rings is 1. The molecule has 138 valence electrons. The van der Waals surface area contributed by atoms with Gasteiger partial charge < -0.3 is 15.0 Å². The highest BCUT2D eigenvalue weighted by molar-refractivity contribution is 5.93. The van der Waals surface area contributed by atoms with Crippen LogP contribution in [0.1, 0.15) is 31.0 Å². The van der Waals surface area contributed by atoms with E-state index in [0.717, 1.165) is 37.2 Å². The minimum absolute atomic E-state index is 0.0579. The topological polar surface area (TPSA) is 67.4 Å². The van der Waals surface area contributed by atoms with Gasteiger partial charge in [0.05, 0.1) is 13.0 Å². The fraction of sp³-hybridized carbons (Fsp3) is 0.450. The van der Waals surface area contributed by atoms with Crippen LogP contribution in [0.3, 0.4) is 0 Å². The number of carbonyl (C=O) groups is 1. The van der Waals surface area contributed by atoms with Crippen LogP contribution in [0.5, 0.6) is 5.88 Å². The Morgan fingerprint density at radius 2 is 2.19 bits per heavy atom. The molecule has 0 radical (unpaired) electrons. The fourth-order valence-electron chi connectivity index (χ4n) is 3.26. The van der Waals surface area contributed by atoms with E-state index in [4.69, 9.17) is 4.74 Å². The SMILES string of the molecule is CCc1cccc(NC(=O)C2CCCN(c3nc(C)cc(OC)n3)C2)c1. The van der Waals surface area contributed by atoms with Crippen LogP contribution >= 0.6 is 0 Å². The summed E-state index contributed by atoms with van der Waals surface area (Å²) in [5.74, 6) is 1.16. The zero-order valence-electron chi connectivity index (χ0n) is 15.7. The Morgan fingerprint density at radius 3 is 2.96 bits per heavy atom. The molecule has 1 aromatic heterocycles. The molecule has 1 aromatic carbocycles. The first-order chi connectivity index (χ1) is 12.6. The van der Waals surface area contributed by atoms with Crippen molar-refractivity contribution in [2.45, 2.75) is 33.1 Å². The number of anilines is 2. The third-order valence-corrected chi connectivity index (χ3v) is 4.71. The zero-order chi connectivity index (χ0) is 18.5. The van der Waals surface area contributed by atoms with E-state index in [2.05, 4.69) is 33.2 Å². The third-order valence-electron chi connectivity index (χ3n) is 4.71. The lowest BCUT2D eigenvalue weighted by atomic mass is 9.97. The molecule has 1 unspecified atom stereocenters. The smallest absolute Gasteiger partial charge is 0.229 e. The Hall–Kier alpha value is -2.63. The Balaban J connectivity index is 1.69. The first kappa shape index (κ1) is 18.2. The molecule has 1 amide bonds. The van der Waals surface area contributed by atoms with Crippen molar-refractivity contribution < 1.29 is 9.53 Å². The summed E-state index contributed by atoms with van der Waals surface area (Å²) in [6.07, 6.45) is 2.76. The van der Waals surface area contributed by atoms with E-state index in [9.17, 15) is 4.79 Å². The zero-order valence-corrected chi connectivity index (χ0v) is 15.7. The Labute approximate surface area is 154 Å². The van der Waals surface area contributed by atoms with E-state index in [-0.39, 0.29) is 11.8 Å². The lowest BCUT2D eigenvalue weighted by molar-refractivity contribution is -0.120. The molecule has 0 saturated carbocycles. The molecule has 2 heterocycles. The van der Waals surface area contributed by atoms with Gasteiger partial charge in [-0.1, -0.05) is 19.1 Å². The number of piperidine rings is 1. The van der Waals surface area contributed by atoms with Gasteiger partial charge in [-0.3, -0.25) is 4.79 Å². The summed E-state index contributed by atoms with van der Waals surface area (Å²) in [6.45, 7) is 5.49. The van der Waals surface area contributed by atoms with Gasteiger partial charge in [-0.15, -0.1) is 0 Å². The molecule has 1 N–H and O–H groups in total. The lowest BCUT2D eigenvalue weighted by Gasteiger charge is -2.32. The molecular weight excluding hydrogens is 328 g/mol. The quantitative estimate of drug-likeness (QED) is 0.893. The minimum Gasteiger partial charge on any atom is -0.481 e. The van der Waals surface area contributed by atoms with Crippen LogP contribution in [-0.4, -0.2) is 36.1 Å². The molecule has 0 spiro atoms. The van der Waals surface area contributed by atoms with Crippen LogP contribution in [0.25, 0.3) is 0 Å². The number of nitrogens with one attached hydrogen (secondary N) is 1. The molecule has 1 aliphatic heterocycles. The van der Waals surface area contributed by atoms with Crippen LogP contribution in [0.4, 0.5) is 11.6 Å². The number of carbonyl (C=O) groups excluding carboxylic acids is 1. The highest BCUT2D eigenvalue weighted by Crippen LogP contribution is 2.24. The lowest BCUT2D eigenvalue weighted by Crippen LogP contribution is -2.41. The molecule has 0 aliphatic carbocycles. The van der Waals surface area contributed by atoms with Crippen molar-refractivity contribution in [2.75, 3.05) is 30.4 Å². The Morgan fingerprint density at radius 1 is 1.35 bits per heavy atom. The Kier molecular flexibility index (Phi) is 5.71. The van der Waals surface area contributed by atoms with Gasteiger partial charge in [0, 0.05) is 30.5 Å². The number of rotatable bonds is 5. The number of aromatic nitrogens is 2. The van der Waals surface area contributed by atoms with E-state index >= 15 is 0 Å².